The quantitative estimate of drug-likeness (QED) is 0.853. The molecule has 1 saturated heterocycles. The molecule has 2 aliphatic rings. The second-order valence-corrected chi connectivity index (χ2v) is 4.42. The van der Waals surface area contributed by atoms with Crippen LogP contribution in [0.15, 0.2) is 12.1 Å². The van der Waals surface area contributed by atoms with Gasteiger partial charge in [0.05, 0.1) is 7.11 Å². The van der Waals surface area contributed by atoms with Crippen LogP contribution < -0.4 is 19.5 Å². The summed E-state index contributed by atoms with van der Waals surface area (Å²) in [5, 5.41) is 3.52. The van der Waals surface area contributed by atoms with Gasteiger partial charge in [-0.05, 0) is 31.5 Å². The summed E-state index contributed by atoms with van der Waals surface area (Å²) in [6, 6.07) is 4.42. The zero-order valence-corrected chi connectivity index (χ0v) is 9.99. The molecule has 2 aliphatic heterocycles. The van der Waals surface area contributed by atoms with Gasteiger partial charge in [-0.1, -0.05) is 6.42 Å². The van der Waals surface area contributed by atoms with E-state index in [1.54, 1.807) is 7.11 Å². The zero-order valence-electron chi connectivity index (χ0n) is 9.99. The van der Waals surface area contributed by atoms with Crippen molar-refractivity contribution < 1.29 is 14.2 Å². The Bertz CT molecular complexity index is 413. The molecule has 1 aromatic rings. The monoisotopic (exact) mass is 235 g/mol. The summed E-state index contributed by atoms with van der Waals surface area (Å²) in [5.74, 6) is 2.35. The van der Waals surface area contributed by atoms with E-state index in [4.69, 9.17) is 14.2 Å². The number of fused-ring (bicyclic) bond motifs is 1. The van der Waals surface area contributed by atoms with Crippen LogP contribution in [-0.2, 0) is 0 Å². The topological polar surface area (TPSA) is 39.7 Å². The molecule has 92 valence electrons. The van der Waals surface area contributed by atoms with Gasteiger partial charge in [0.1, 0.15) is 0 Å². The van der Waals surface area contributed by atoms with Crippen molar-refractivity contribution in [3.63, 3.8) is 0 Å². The number of ether oxygens (including phenoxy) is 3. The molecule has 0 spiro atoms. The van der Waals surface area contributed by atoms with Gasteiger partial charge in [-0.3, -0.25) is 0 Å². The minimum atomic E-state index is 0.285. The molecular weight excluding hydrogens is 218 g/mol. The maximum atomic E-state index is 5.50. The lowest BCUT2D eigenvalue weighted by Gasteiger charge is -2.25. The molecule has 0 saturated carbocycles. The fraction of sp³-hybridized carbons (Fsp3) is 0.538. The van der Waals surface area contributed by atoms with Gasteiger partial charge in [0, 0.05) is 11.6 Å². The van der Waals surface area contributed by atoms with Crippen molar-refractivity contribution in [1.29, 1.82) is 0 Å². The highest BCUT2D eigenvalue weighted by Crippen LogP contribution is 2.45. The number of hydrogen-bond acceptors (Lipinski definition) is 4. The third kappa shape index (κ3) is 1.82. The fourth-order valence-electron chi connectivity index (χ4n) is 2.56. The maximum Gasteiger partial charge on any atom is 0.231 e. The number of nitrogens with one attached hydrogen (secondary N) is 1. The molecule has 0 radical (unpaired) electrons. The molecule has 1 atom stereocenters. The molecule has 4 heteroatoms. The van der Waals surface area contributed by atoms with Gasteiger partial charge < -0.3 is 19.5 Å². The van der Waals surface area contributed by atoms with Gasteiger partial charge in [0.25, 0.3) is 0 Å². The first kappa shape index (κ1) is 10.7. The molecule has 3 rings (SSSR count). The number of methoxy groups -OCH3 is 1. The molecule has 1 aromatic carbocycles. The highest BCUT2D eigenvalue weighted by molar-refractivity contribution is 5.57. The molecule has 1 N–H and O–H groups in total. The highest BCUT2D eigenvalue weighted by atomic mass is 16.7. The van der Waals surface area contributed by atoms with Crippen molar-refractivity contribution in [2.75, 3.05) is 20.4 Å². The minimum Gasteiger partial charge on any atom is -0.492 e. The molecule has 17 heavy (non-hydrogen) atoms. The smallest absolute Gasteiger partial charge is 0.231 e. The lowest BCUT2D eigenvalue weighted by atomic mass is 9.96. The molecule has 2 heterocycles. The SMILES string of the molecule is COc1c(C2CCCCN2)ccc2c1OCO2. The minimum absolute atomic E-state index is 0.285. The van der Waals surface area contributed by atoms with Gasteiger partial charge in [-0.2, -0.15) is 0 Å². The van der Waals surface area contributed by atoms with Crippen molar-refractivity contribution in [2.45, 2.75) is 25.3 Å². The molecular formula is C13H17NO3. The molecule has 0 bridgehead atoms. The fourth-order valence-corrected chi connectivity index (χ4v) is 2.56. The second kappa shape index (κ2) is 4.45. The van der Waals surface area contributed by atoms with Gasteiger partial charge in [0.2, 0.25) is 12.5 Å². The highest BCUT2D eigenvalue weighted by Gasteiger charge is 2.26. The number of piperidine rings is 1. The van der Waals surface area contributed by atoms with E-state index >= 15 is 0 Å². The van der Waals surface area contributed by atoms with Crippen LogP contribution >= 0.6 is 0 Å². The Morgan fingerprint density at radius 3 is 3.00 bits per heavy atom. The summed E-state index contributed by atoms with van der Waals surface area (Å²) in [6.45, 7) is 1.36. The van der Waals surface area contributed by atoms with Crippen molar-refractivity contribution in [3.8, 4) is 17.2 Å². The first-order chi connectivity index (χ1) is 8.40. The van der Waals surface area contributed by atoms with Crippen LogP contribution in [0, 0.1) is 0 Å². The van der Waals surface area contributed by atoms with Crippen LogP contribution in [0.1, 0.15) is 30.9 Å². The van der Waals surface area contributed by atoms with Crippen LogP contribution in [0.2, 0.25) is 0 Å². The van der Waals surface area contributed by atoms with E-state index in [9.17, 15) is 0 Å². The third-order valence-electron chi connectivity index (χ3n) is 3.41. The van der Waals surface area contributed by atoms with Crippen molar-refractivity contribution in [1.82, 2.24) is 5.32 Å². The zero-order chi connectivity index (χ0) is 11.7. The summed E-state index contributed by atoms with van der Waals surface area (Å²) < 4.78 is 16.3. The van der Waals surface area contributed by atoms with Crippen LogP contribution in [0.5, 0.6) is 17.2 Å². The number of rotatable bonds is 2. The Labute approximate surface area is 101 Å². The molecule has 0 aliphatic carbocycles. The van der Waals surface area contributed by atoms with Crippen LogP contribution in [-0.4, -0.2) is 20.4 Å². The predicted octanol–water partition coefficient (Wildman–Crippen LogP) is 2.24. The van der Waals surface area contributed by atoms with Crippen LogP contribution in [0.4, 0.5) is 0 Å². The molecule has 1 fully saturated rings. The van der Waals surface area contributed by atoms with E-state index in [0.717, 1.165) is 30.2 Å². The summed E-state index contributed by atoms with van der Waals surface area (Å²) in [6.07, 6.45) is 3.66. The second-order valence-electron chi connectivity index (χ2n) is 4.42. The number of benzene rings is 1. The maximum absolute atomic E-state index is 5.50. The van der Waals surface area contributed by atoms with Crippen molar-refractivity contribution in [3.05, 3.63) is 17.7 Å². The first-order valence-electron chi connectivity index (χ1n) is 6.10. The van der Waals surface area contributed by atoms with Crippen LogP contribution in [0.25, 0.3) is 0 Å². The lowest BCUT2D eigenvalue weighted by molar-refractivity contribution is 0.171. The Hall–Kier alpha value is -1.42. The largest absolute Gasteiger partial charge is 0.492 e. The van der Waals surface area contributed by atoms with Crippen molar-refractivity contribution in [2.24, 2.45) is 0 Å². The Balaban J connectivity index is 1.98. The summed E-state index contributed by atoms with van der Waals surface area (Å²) in [7, 11) is 1.68. The molecule has 4 nitrogen and oxygen atoms in total. The summed E-state index contributed by atoms with van der Waals surface area (Å²) in [4.78, 5) is 0. The molecule has 1 unspecified atom stereocenters. The van der Waals surface area contributed by atoms with E-state index in [2.05, 4.69) is 11.4 Å². The van der Waals surface area contributed by atoms with E-state index < -0.39 is 0 Å². The standard InChI is InChI=1S/C13H17NO3/c1-15-12-9(10-4-2-3-7-14-10)5-6-11-13(12)17-8-16-11/h5-6,10,14H,2-4,7-8H2,1H3. The van der Waals surface area contributed by atoms with Gasteiger partial charge in [-0.15, -0.1) is 0 Å². The Morgan fingerprint density at radius 2 is 2.24 bits per heavy atom. The van der Waals surface area contributed by atoms with E-state index in [1.807, 2.05) is 6.07 Å². The average molecular weight is 235 g/mol. The van der Waals surface area contributed by atoms with E-state index in [1.165, 1.54) is 18.4 Å². The Morgan fingerprint density at radius 1 is 1.29 bits per heavy atom. The first-order valence-corrected chi connectivity index (χ1v) is 6.10. The van der Waals surface area contributed by atoms with Crippen LogP contribution in [0.3, 0.4) is 0 Å². The van der Waals surface area contributed by atoms with E-state index in [0.29, 0.717) is 6.04 Å². The van der Waals surface area contributed by atoms with Gasteiger partial charge >= 0.3 is 0 Å². The summed E-state index contributed by atoms with van der Waals surface area (Å²) in [5.41, 5.74) is 1.18. The Kier molecular flexibility index (Phi) is 2.81. The lowest BCUT2D eigenvalue weighted by Crippen LogP contribution is -2.27. The third-order valence-corrected chi connectivity index (χ3v) is 3.41. The van der Waals surface area contributed by atoms with Gasteiger partial charge in [-0.25, -0.2) is 0 Å². The predicted molar refractivity (Wildman–Crippen MR) is 63.7 cm³/mol. The van der Waals surface area contributed by atoms with E-state index in [-0.39, 0.29) is 6.79 Å². The number of hydrogen-bond donors (Lipinski definition) is 1. The van der Waals surface area contributed by atoms with Gasteiger partial charge in [0.15, 0.2) is 11.5 Å². The molecule has 0 amide bonds. The molecule has 0 aromatic heterocycles. The summed E-state index contributed by atoms with van der Waals surface area (Å²) >= 11 is 0. The van der Waals surface area contributed by atoms with Crippen molar-refractivity contribution >= 4 is 0 Å². The normalized spacial score (nSPS) is 22.5. The average Bonchev–Trinajstić information content (AvgIpc) is 2.86.